The minimum absolute atomic E-state index is 0.163. The highest BCUT2D eigenvalue weighted by atomic mass is 79.9. The van der Waals surface area contributed by atoms with Gasteiger partial charge in [-0.15, -0.1) is 0 Å². The minimum atomic E-state index is -0.369. The van der Waals surface area contributed by atoms with Gasteiger partial charge in [0.15, 0.2) is 6.61 Å². The summed E-state index contributed by atoms with van der Waals surface area (Å²) in [6.45, 7) is -0.163. The molecule has 1 aromatic carbocycles. The van der Waals surface area contributed by atoms with Crippen LogP contribution < -0.4 is 10.2 Å². The van der Waals surface area contributed by atoms with Gasteiger partial charge in [-0.25, -0.2) is 5.43 Å². The van der Waals surface area contributed by atoms with Gasteiger partial charge >= 0.3 is 0 Å². The van der Waals surface area contributed by atoms with Gasteiger partial charge in [0.2, 0.25) is 0 Å². The fourth-order valence-electron chi connectivity index (χ4n) is 1.37. The van der Waals surface area contributed by atoms with Gasteiger partial charge in [0, 0.05) is 10.7 Å². The van der Waals surface area contributed by atoms with Crippen LogP contribution in [0.3, 0.4) is 0 Å². The van der Waals surface area contributed by atoms with E-state index in [-0.39, 0.29) is 12.5 Å². The van der Waals surface area contributed by atoms with Gasteiger partial charge < -0.3 is 9.72 Å². The van der Waals surface area contributed by atoms with Gasteiger partial charge in [0.05, 0.1) is 16.9 Å². The van der Waals surface area contributed by atoms with Crippen molar-refractivity contribution in [2.75, 3.05) is 6.61 Å². The van der Waals surface area contributed by atoms with Gasteiger partial charge in [-0.05, 0) is 30.3 Å². The van der Waals surface area contributed by atoms with E-state index < -0.39 is 0 Å². The van der Waals surface area contributed by atoms with Crippen molar-refractivity contribution >= 4 is 39.7 Å². The number of ether oxygens (including phenoxy) is 1. The number of nitrogens with one attached hydrogen (secondary N) is 2. The summed E-state index contributed by atoms with van der Waals surface area (Å²) in [6, 6.07) is 8.82. The average Bonchev–Trinajstić information content (AvgIpc) is 2.91. The van der Waals surface area contributed by atoms with Crippen molar-refractivity contribution in [3.05, 3.63) is 51.7 Å². The van der Waals surface area contributed by atoms with Gasteiger partial charge in [-0.3, -0.25) is 4.79 Å². The van der Waals surface area contributed by atoms with Crippen LogP contribution >= 0.6 is 27.5 Å². The van der Waals surface area contributed by atoms with Crippen molar-refractivity contribution in [3.8, 4) is 5.75 Å². The Morgan fingerprint density at radius 2 is 2.35 bits per heavy atom. The highest BCUT2D eigenvalue weighted by Gasteiger charge is 2.05. The van der Waals surface area contributed by atoms with Gasteiger partial charge in [0.25, 0.3) is 5.91 Å². The molecule has 0 saturated carbocycles. The molecule has 7 heteroatoms. The number of hydrogen-bond donors (Lipinski definition) is 2. The highest BCUT2D eigenvalue weighted by Crippen LogP contribution is 2.27. The second-order valence-corrected chi connectivity index (χ2v) is 5.10. The van der Waals surface area contributed by atoms with Crippen LogP contribution in [0.4, 0.5) is 0 Å². The molecule has 0 unspecified atom stereocenters. The molecular weight excluding hydrogens is 346 g/mol. The Morgan fingerprint density at radius 3 is 3.05 bits per heavy atom. The van der Waals surface area contributed by atoms with E-state index >= 15 is 0 Å². The molecule has 0 atom stereocenters. The van der Waals surface area contributed by atoms with Gasteiger partial charge in [0.1, 0.15) is 5.75 Å². The Labute approximate surface area is 129 Å². The van der Waals surface area contributed by atoms with E-state index in [1.807, 2.05) is 12.1 Å². The topological polar surface area (TPSA) is 66.5 Å². The molecule has 1 heterocycles. The van der Waals surface area contributed by atoms with E-state index in [0.717, 1.165) is 10.2 Å². The summed E-state index contributed by atoms with van der Waals surface area (Å²) in [5.74, 6) is 0.0742. The monoisotopic (exact) mass is 355 g/mol. The number of rotatable bonds is 5. The molecule has 2 rings (SSSR count). The van der Waals surface area contributed by atoms with Gasteiger partial charge in [-0.1, -0.05) is 27.5 Å². The summed E-state index contributed by atoms with van der Waals surface area (Å²) in [5, 5.41) is 4.22. The predicted molar refractivity (Wildman–Crippen MR) is 81.2 cm³/mol. The van der Waals surface area contributed by atoms with E-state index in [0.29, 0.717) is 10.8 Å². The van der Waals surface area contributed by atoms with E-state index in [4.69, 9.17) is 16.3 Å². The molecule has 0 aliphatic rings. The molecule has 0 fully saturated rings. The number of aromatic nitrogens is 1. The van der Waals surface area contributed by atoms with E-state index in [9.17, 15) is 4.79 Å². The third-order valence-corrected chi connectivity index (χ3v) is 3.06. The van der Waals surface area contributed by atoms with Crippen LogP contribution in [-0.4, -0.2) is 23.7 Å². The Kier molecular flexibility index (Phi) is 5.20. The fraction of sp³-hybridized carbons (Fsp3) is 0.0769. The molecule has 0 aliphatic carbocycles. The largest absolute Gasteiger partial charge is 0.482 e. The first-order chi connectivity index (χ1) is 9.65. The van der Waals surface area contributed by atoms with Crippen LogP contribution in [0.25, 0.3) is 0 Å². The molecule has 2 aromatic rings. The van der Waals surface area contributed by atoms with E-state index in [1.54, 1.807) is 24.4 Å². The van der Waals surface area contributed by atoms with E-state index in [1.165, 1.54) is 6.21 Å². The summed E-state index contributed by atoms with van der Waals surface area (Å²) >= 11 is 9.25. The van der Waals surface area contributed by atoms with Crippen LogP contribution in [0.15, 0.2) is 46.1 Å². The zero-order chi connectivity index (χ0) is 14.4. The minimum Gasteiger partial charge on any atom is -0.482 e. The molecule has 0 bridgehead atoms. The number of carbonyl (C=O) groups is 1. The molecular formula is C13H11BrClN3O2. The number of nitrogens with zero attached hydrogens (tertiary/aromatic N) is 1. The number of aromatic amines is 1. The van der Waals surface area contributed by atoms with Crippen LogP contribution in [0.2, 0.25) is 5.02 Å². The lowest BCUT2D eigenvalue weighted by Gasteiger charge is -2.06. The predicted octanol–water partition coefficient (Wildman–Crippen LogP) is 2.96. The lowest BCUT2D eigenvalue weighted by molar-refractivity contribution is -0.123. The smallest absolute Gasteiger partial charge is 0.277 e. The van der Waals surface area contributed by atoms with Crippen molar-refractivity contribution in [1.82, 2.24) is 10.4 Å². The average molecular weight is 357 g/mol. The Balaban J connectivity index is 1.80. The maximum atomic E-state index is 11.5. The standard InChI is InChI=1S/C13H11BrClN3O2/c14-9-3-4-12(11(15)6-9)20-8-13(19)18-17-7-10-2-1-5-16-10/h1-7,16H,8H2,(H,18,19)/b17-7+. The fourth-order valence-corrected chi connectivity index (χ4v) is 2.09. The zero-order valence-corrected chi connectivity index (χ0v) is 12.6. The van der Waals surface area contributed by atoms with Crippen LogP contribution in [-0.2, 0) is 4.79 Å². The van der Waals surface area contributed by atoms with Crippen LogP contribution in [0.5, 0.6) is 5.75 Å². The number of carbonyl (C=O) groups excluding carboxylic acids is 1. The molecule has 0 radical (unpaired) electrons. The molecule has 104 valence electrons. The number of benzene rings is 1. The number of amides is 1. The molecule has 20 heavy (non-hydrogen) atoms. The summed E-state index contributed by atoms with van der Waals surface area (Å²) in [6.07, 6.45) is 3.27. The number of H-pyrrole nitrogens is 1. The summed E-state index contributed by atoms with van der Waals surface area (Å²) in [4.78, 5) is 14.4. The molecule has 2 N–H and O–H groups in total. The number of halogens is 2. The van der Waals surface area contributed by atoms with Crippen molar-refractivity contribution in [2.24, 2.45) is 5.10 Å². The van der Waals surface area contributed by atoms with Crippen molar-refractivity contribution in [2.45, 2.75) is 0 Å². The van der Waals surface area contributed by atoms with Crippen molar-refractivity contribution < 1.29 is 9.53 Å². The second kappa shape index (κ2) is 7.12. The SMILES string of the molecule is O=C(COc1ccc(Br)cc1Cl)N/N=C/c1ccc[nH]1. The summed E-state index contributed by atoms with van der Waals surface area (Å²) in [7, 11) is 0. The third-order valence-electron chi connectivity index (χ3n) is 2.27. The number of hydrogen-bond acceptors (Lipinski definition) is 3. The molecule has 0 spiro atoms. The van der Waals surface area contributed by atoms with Gasteiger partial charge in [-0.2, -0.15) is 5.10 Å². The van der Waals surface area contributed by atoms with Crippen LogP contribution in [0, 0.1) is 0 Å². The molecule has 0 aliphatic heterocycles. The summed E-state index contributed by atoms with van der Waals surface area (Å²) in [5.41, 5.74) is 3.15. The zero-order valence-electron chi connectivity index (χ0n) is 10.3. The lowest BCUT2D eigenvalue weighted by Crippen LogP contribution is -2.24. The lowest BCUT2D eigenvalue weighted by atomic mass is 10.3. The normalized spacial score (nSPS) is 10.7. The summed E-state index contributed by atoms with van der Waals surface area (Å²) < 4.78 is 6.14. The Morgan fingerprint density at radius 1 is 1.50 bits per heavy atom. The Hall–Kier alpha value is -1.79. The first-order valence-electron chi connectivity index (χ1n) is 5.68. The quantitative estimate of drug-likeness (QED) is 0.639. The highest BCUT2D eigenvalue weighted by molar-refractivity contribution is 9.10. The van der Waals surface area contributed by atoms with Crippen molar-refractivity contribution in [3.63, 3.8) is 0 Å². The Bertz CT molecular complexity index is 614. The van der Waals surface area contributed by atoms with Crippen LogP contribution in [0.1, 0.15) is 5.69 Å². The van der Waals surface area contributed by atoms with E-state index in [2.05, 4.69) is 31.4 Å². The number of hydrazone groups is 1. The maximum absolute atomic E-state index is 11.5. The van der Waals surface area contributed by atoms with Crippen molar-refractivity contribution in [1.29, 1.82) is 0 Å². The molecule has 5 nitrogen and oxygen atoms in total. The molecule has 1 aromatic heterocycles. The second-order valence-electron chi connectivity index (χ2n) is 3.78. The molecule has 1 amide bonds. The maximum Gasteiger partial charge on any atom is 0.277 e. The third kappa shape index (κ3) is 4.40. The first kappa shape index (κ1) is 14.6. The first-order valence-corrected chi connectivity index (χ1v) is 6.85. The molecule has 0 saturated heterocycles.